The van der Waals surface area contributed by atoms with E-state index in [-0.39, 0.29) is 12.1 Å². The van der Waals surface area contributed by atoms with Crippen molar-refractivity contribution in [3.05, 3.63) is 47.2 Å². The smallest absolute Gasteiger partial charge is 0.119 e. The summed E-state index contributed by atoms with van der Waals surface area (Å²) >= 11 is 5.95. The van der Waals surface area contributed by atoms with E-state index in [1.165, 1.54) is 0 Å². The van der Waals surface area contributed by atoms with Crippen LogP contribution in [-0.2, 0) is 0 Å². The third-order valence-electron chi connectivity index (χ3n) is 3.17. The standard InChI is InChI=1S/C14H18ClN3O/c1-3-13(16)14(18-9-11(15)8-17-18)10-5-4-6-12(7-10)19-2/h4-9,13-14H,3,16H2,1-2H3. The molecule has 1 aromatic carbocycles. The maximum absolute atomic E-state index is 6.24. The van der Waals surface area contributed by atoms with E-state index in [4.69, 9.17) is 22.1 Å². The molecule has 102 valence electrons. The molecule has 2 N–H and O–H groups in total. The van der Waals surface area contributed by atoms with Crippen LogP contribution >= 0.6 is 11.6 Å². The second-order valence-corrected chi connectivity index (χ2v) is 4.87. The van der Waals surface area contributed by atoms with Crippen molar-refractivity contribution in [2.45, 2.75) is 25.4 Å². The molecule has 2 rings (SSSR count). The number of hydrogen-bond acceptors (Lipinski definition) is 3. The van der Waals surface area contributed by atoms with Gasteiger partial charge in [-0.15, -0.1) is 0 Å². The molecule has 0 saturated heterocycles. The van der Waals surface area contributed by atoms with Crippen LogP contribution in [0, 0.1) is 0 Å². The molecular formula is C14H18ClN3O. The van der Waals surface area contributed by atoms with E-state index in [2.05, 4.69) is 12.0 Å². The van der Waals surface area contributed by atoms with Crippen molar-refractivity contribution in [1.29, 1.82) is 0 Å². The minimum Gasteiger partial charge on any atom is -0.497 e. The van der Waals surface area contributed by atoms with Gasteiger partial charge in [-0.2, -0.15) is 5.10 Å². The van der Waals surface area contributed by atoms with E-state index in [1.54, 1.807) is 19.5 Å². The van der Waals surface area contributed by atoms with E-state index >= 15 is 0 Å². The van der Waals surface area contributed by atoms with Crippen molar-refractivity contribution in [3.8, 4) is 5.75 Å². The van der Waals surface area contributed by atoms with Gasteiger partial charge in [0.05, 0.1) is 24.4 Å². The third kappa shape index (κ3) is 3.08. The summed E-state index contributed by atoms with van der Waals surface area (Å²) in [6.07, 6.45) is 4.26. The predicted octanol–water partition coefficient (Wildman–Crippen LogP) is 2.87. The van der Waals surface area contributed by atoms with Gasteiger partial charge in [-0.1, -0.05) is 30.7 Å². The summed E-state index contributed by atoms with van der Waals surface area (Å²) in [5, 5.41) is 4.89. The Bertz CT molecular complexity index is 541. The molecule has 0 aliphatic heterocycles. The number of rotatable bonds is 5. The van der Waals surface area contributed by atoms with Crippen LogP contribution in [0.3, 0.4) is 0 Å². The molecule has 0 saturated carbocycles. The molecule has 19 heavy (non-hydrogen) atoms. The molecule has 0 spiro atoms. The molecule has 0 fully saturated rings. The van der Waals surface area contributed by atoms with Crippen LogP contribution in [0.1, 0.15) is 24.9 Å². The Kier molecular flexibility index (Phi) is 4.45. The Hall–Kier alpha value is -1.52. The fourth-order valence-electron chi connectivity index (χ4n) is 2.11. The maximum atomic E-state index is 6.24. The zero-order valence-electron chi connectivity index (χ0n) is 11.1. The van der Waals surface area contributed by atoms with Gasteiger partial charge in [0.1, 0.15) is 5.75 Å². The Morgan fingerprint density at radius 3 is 2.84 bits per heavy atom. The molecule has 1 aromatic heterocycles. The normalized spacial score (nSPS) is 14.1. The first-order valence-corrected chi connectivity index (χ1v) is 6.62. The molecular weight excluding hydrogens is 262 g/mol. The van der Waals surface area contributed by atoms with Crippen molar-refractivity contribution < 1.29 is 4.74 Å². The van der Waals surface area contributed by atoms with Crippen LogP contribution in [-0.4, -0.2) is 22.9 Å². The van der Waals surface area contributed by atoms with Crippen molar-refractivity contribution in [1.82, 2.24) is 9.78 Å². The highest BCUT2D eigenvalue weighted by atomic mass is 35.5. The molecule has 0 aliphatic carbocycles. The SMILES string of the molecule is CCC(N)C(c1cccc(OC)c1)n1cc(Cl)cn1. The van der Waals surface area contributed by atoms with Gasteiger partial charge in [-0.25, -0.2) is 0 Å². The second-order valence-electron chi connectivity index (χ2n) is 4.43. The monoisotopic (exact) mass is 279 g/mol. The predicted molar refractivity (Wildman–Crippen MR) is 76.6 cm³/mol. The Balaban J connectivity index is 2.42. The number of aromatic nitrogens is 2. The van der Waals surface area contributed by atoms with Gasteiger partial charge in [0.15, 0.2) is 0 Å². The molecule has 5 heteroatoms. The average molecular weight is 280 g/mol. The van der Waals surface area contributed by atoms with Crippen LogP contribution in [0.4, 0.5) is 0 Å². The van der Waals surface area contributed by atoms with Gasteiger partial charge in [0, 0.05) is 12.2 Å². The van der Waals surface area contributed by atoms with Crippen molar-refractivity contribution in [2.75, 3.05) is 7.11 Å². The molecule has 2 aromatic rings. The minimum atomic E-state index is -0.0485. The topological polar surface area (TPSA) is 53.1 Å². The lowest BCUT2D eigenvalue weighted by Crippen LogP contribution is -2.32. The molecule has 0 radical (unpaired) electrons. The van der Waals surface area contributed by atoms with E-state index in [1.807, 2.05) is 28.9 Å². The maximum Gasteiger partial charge on any atom is 0.119 e. The van der Waals surface area contributed by atoms with Crippen LogP contribution in [0.5, 0.6) is 5.75 Å². The second kappa shape index (κ2) is 6.08. The summed E-state index contributed by atoms with van der Waals surface area (Å²) in [6, 6.07) is 7.78. The van der Waals surface area contributed by atoms with E-state index < -0.39 is 0 Å². The van der Waals surface area contributed by atoms with Crippen molar-refractivity contribution >= 4 is 11.6 Å². The first-order valence-electron chi connectivity index (χ1n) is 6.25. The fourth-order valence-corrected chi connectivity index (χ4v) is 2.26. The van der Waals surface area contributed by atoms with Crippen molar-refractivity contribution in [3.63, 3.8) is 0 Å². The minimum absolute atomic E-state index is 0.0388. The Morgan fingerprint density at radius 2 is 2.26 bits per heavy atom. The highest BCUT2D eigenvalue weighted by molar-refractivity contribution is 6.30. The number of nitrogens with two attached hydrogens (primary N) is 1. The van der Waals surface area contributed by atoms with Crippen LogP contribution < -0.4 is 10.5 Å². The number of benzene rings is 1. The van der Waals surface area contributed by atoms with E-state index in [0.29, 0.717) is 5.02 Å². The van der Waals surface area contributed by atoms with Crippen LogP contribution in [0.15, 0.2) is 36.7 Å². The molecule has 0 amide bonds. The summed E-state index contributed by atoms with van der Waals surface area (Å²) < 4.78 is 7.07. The summed E-state index contributed by atoms with van der Waals surface area (Å²) in [4.78, 5) is 0. The molecule has 4 nitrogen and oxygen atoms in total. The lowest BCUT2D eigenvalue weighted by atomic mass is 9.98. The summed E-state index contributed by atoms with van der Waals surface area (Å²) in [7, 11) is 1.65. The molecule has 2 atom stereocenters. The van der Waals surface area contributed by atoms with Gasteiger partial charge in [-0.05, 0) is 24.1 Å². The van der Waals surface area contributed by atoms with Crippen LogP contribution in [0.2, 0.25) is 5.02 Å². The zero-order chi connectivity index (χ0) is 13.8. The molecule has 2 unspecified atom stereocenters. The summed E-state index contributed by atoms with van der Waals surface area (Å²) in [5.41, 5.74) is 7.30. The zero-order valence-corrected chi connectivity index (χ0v) is 11.8. The van der Waals surface area contributed by atoms with Gasteiger partial charge in [-0.3, -0.25) is 4.68 Å². The third-order valence-corrected chi connectivity index (χ3v) is 3.36. The van der Waals surface area contributed by atoms with Gasteiger partial charge in [0.25, 0.3) is 0 Å². The first-order chi connectivity index (χ1) is 9.15. The Labute approximate surface area is 118 Å². The highest BCUT2D eigenvalue weighted by Gasteiger charge is 2.21. The Morgan fingerprint density at radius 1 is 1.47 bits per heavy atom. The fraction of sp³-hybridized carbons (Fsp3) is 0.357. The first kappa shape index (κ1) is 13.9. The summed E-state index contributed by atoms with van der Waals surface area (Å²) in [5.74, 6) is 0.809. The number of ether oxygens (including phenoxy) is 1. The van der Waals surface area contributed by atoms with E-state index in [9.17, 15) is 0 Å². The lowest BCUT2D eigenvalue weighted by molar-refractivity contribution is 0.404. The van der Waals surface area contributed by atoms with Crippen molar-refractivity contribution in [2.24, 2.45) is 5.73 Å². The number of nitrogens with zero attached hydrogens (tertiary/aromatic N) is 2. The number of halogens is 1. The largest absolute Gasteiger partial charge is 0.497 e. The molecule has 0 aliphatic rings. The molecule has 1 heterocycles. The number of methoxy groups -OCH3 is 1. The number of hydrogen-bond donors (Lipinski definition) is 1. The van der Waals surface area contributed by atoms with Gasteiger partial charge < -0.3 is 10.5 Å². The van der Waals surface area contributed by atoms with E-state index in [0.717, 1.165) is 17.7 Å². The average Bonchev–Trinajstić information content (AvgIpc) is 2.85. The summed E-state index contributed by atoms with van der Waals surface area (Å²) in [6.45, 7) is 2.06. The van der Waals surface area contributed by atoms with Gasteiger partial charge in [0.2, 0.25) is 0 Å². The lowest BCUT2D eigenvalue weighted by Gasteiger charge is -2.24. The van der Waals surface area contributed by atoms with Gasteiger partial charge >= 0.3 is 0 Å². The highest BCUT2D eigenvalue weighted by Crippen LogP contribution is 2.26. The molecule has 0 bridgehead atoms. The quantitative estimate of drug-likeness (QED) is 0.916. The van der Waals surface area contributed by atoms with Crippen LogP contribution in [0.25, 0.3) is 0 Å².